The van der Waals surface area contributed by atoms with Gasteiger partial charge in [0.2, 0.25) is 0 Å². The van der Waals surface area contributed by atoms with Crippen molar-refractivity contribution in [1.29, 1.82) is 0 Å². The minimum absolute atomic E-state index is 0.199. The summed E-state index contributed by atoms with van der Waals surface area (Å²) in [5.74, 6) is -0.556. The number of rotatable bonds is 1. The molecule has 2 nitrogen and oxygen atoms in total. The normalized spacial score (nSPS) is 11.7. The Bertz CT molecular complexity index is 416. The standard InChI is InChI=1S/C8H8ClFO2S/c1-5-3-7(13(9,11)12)4-8(10)6(5)2/h3-4H,1-2H3. The Kier molecular flexibility index (Phi) is 2.63. The summed E-state index contributed by atoms with van der Waals surface area (Å²) < 4.78 is 34.7. The quantitative estimate of drug-likeness (QED) is 0.684. The molecule has 0 atom stereocenters. The first-order valence-corrected chi connectivity index (χ1v) is 5.84. The molecule has 0 N–H and O–H groups in total. The van der Waals surface area contributed by atoms with Crippen LogP contribution in [0.1, 0.15) is 11.1 Å². The maximum absolute atomic E-state index is 13.0. The Labute approximate surface area is 80.8 Å². The summed E-state index contributed by atoms with van der Waals surface area (Å²) in [6.45, 7) is 3.21. The Morgan fingerprint density at radius 2 is 1.85 bits per heavy atom. The van der Waals surface area contributed by atoms with E-state index in [1.54, 1.807) is 13.8 Å². The predicted octanol–water partition coefficient (Wildman–Crippen LogP) is 2.37. The summed E-state index contributed by atoms with van der Waals surface area (Å²) in [6.07, 6.45) is 0. The molecule has 1 aromatic carbocycles. The molecule has 1 aromatic rings. The van der Waals surface area contributed by atoms with Gasteiger partial charge in [0, 0.05) is 10.7 Å². The average Bonchev–Trinajstić information content (AvgIpc) is 1.97. The minimum atomic E-state index is -3.83. The number of hydrogen-bond donors (Lipinski definition) is 0. The van der Waals surface area contributed by atoms with Gasteiger partial charge in [0.05, 0.1) is 4.90 Å². The van der Waals surface area contributed by atoms with Crippen molar-refractivity contribution >= 4 is 19.7 Å². The van der Waals surface area contributed by atoms with Crippen molar-refractivity contribution in [3.05, 3.63) is 29.1 Å². The topological polar surface area (TPSA) is 34.1 Å². The highest BCUT2D eigenvalue weighted by atomic mass is 35.7. The number of aryl methyl sites for hydroxylation is 1. The van der Waals surface area contributed by atoms with Gasteiger partial charge in [0.25, 0.3) is 9.05 Å². The molecule has 0 fully saturated rings. The van der Waals surface area contributed by atoms with Crippen LogP contribution in [-0.2, 0) is 9.05 Å². The molecule has 0 unspecified atom stereocenters. The van der Waals surface area contributed by atoms with Crippen LogP contribution < -0.4 is 0 Å². The van der Waals surface area contributed by atoms with Crippen molar-refractivity contribution < 1.29 is 12.8 Å². The van der Waals surface area contributed by atoms with E-state index in [0.29, 0.717) is 11.1 Å². The number of hydrogen-bond acceptors (Lipinski definition) is 2. The minimum Gasteiger partial charge on any atom is -0.207 e. The molecule has 0 amide bonds. The van der Waals surface area contributed by atoms with Crippen molar-refractivity contribution in [2.75, 3.05) is 0 Å². The van der Waals surface area contributed by atoms with Gasteiger partial charge in [-0.25, -0.2) is 12.8 Å². The summed E-state index contributed by atoms with van der Waals surface area (Å²) in [6, 6.07) is 2.27. The lowest BCUT2D eigenvalue weighted by Gasteiger charge is -2.03. The van der Waals surface area contributed by atoms with E-state index < -0.39 is 14.9 Å². The second-order valence-electron chi connectivity index (χ2n) is 2.78. The molecule has 0 heterocycles. The van der Waals surface area contributed by atoms with E-state index in [-0.39, 0.29) is 4.90 Å². The molecule has 0 aliphatic carbocycles. The van der Waals surface area contributed by atoms with Gasteiger partial charge in [-0.3, -0.25) is 0 Å². The number of benzene rings is 1. The van der Waals surface area contributed by atoms with Gasteiger partial charge in [-0.05, 0) is 37.1 Å². The van der Waals surface area contributed by atoms with E-state index in [4.69, 9.17) is 10.7 Å². The van der Waals surface area contributed by atoms with Gasteiger partial charge in [0.15, 0.2) is 0 Å². The zero-order valence-electron chi connectivity index (χ0n) is 7.14. The highest BCUT2D eigenvalue weighted by Gasteiger charge is 2.13. The molecule has 0 aromatic heterocycles. The maximum Gasteiger partial charge on any atom is 0.261 e. The van der Waals surface area contributed by atoms with Gasteiger partial charge in [-0.2, -0.15) is 0 Å². The molecular formula is C8H8ClFO2S. The van der Waals surface area contributed by atoms with Gasteiger partial charge in [0.1, 0.15) is 5.82 Å². The first-order chi connectivity index (χ1) is 5.82. The molecule has 5 heteroatoms. The van der Waals surface area contributed by atoms with Crippen molar-refractivity contribution in [3.63, 3.8) is 0 Å². The van der Waals surface area contributed by atoms with Crippen LogP contribution in [0.3, 0.4) is 0 Å². The summed E-state index contributed by atoms with van der Waals surface area (Å²) >= 11 is 0. The van der Waals surface area contributed by atoms with Crippen molar-refractivity contribution in [3.8, 4) is 0 Å². The van der Waals surface area contributed by atoms with Crippen LogP contribution in [0.15, 0.2) is 17.0 Å². The number of halogens is 2. The van der Waals surface area contributed by atoms with Crippen molar-refractivity contribution in [2.45, 2.75) is 18.7 Å². The fraction of sp³-hybridized carbons (Fsp3) is 0.250. The highest BCUT2D eigenvalue weighted by molar-refractivity contribution is 8.13. The van der Waals surface area contributed by atoms with E-state index in [2.05, 4.69) is 0 Å². The third kappa shape index (κ3) is 2.19. The fourth-order valence-corrected chi connectivity index (χ4v) is 1.75. The predicted molar refractivity (Wildman–Crippen MR) is 48.9 cm³/mol. The lowest BCUT2D eigenvalue weighted by molar-refractivity contribution is 0.598. The summed E-state index contributed by atoms with van der Waals surface area (Å²) in [7, 11) is 1.23. The van der Waals surface area contributed by atoms with Crippen LogP contribution in [0.5, 0.6) is 0 Å². The summed E-state index contributed by atoms with van der Waals surface area (Å²) in [5, 5.41) is 0. The molecule has 0 bridgehead atoms. The van der Waals surface area contributed by atoms with E-state index in [1.165, 1.54) is 6.07 Å². The van der Waals surface area contributed by atoms with Gasteiger partial charge in [-0.15, -0.1) is 0 Å². The second-order valence-corrected chi connectivity index (χ2v) is 5.35. The Hall–Kier alpha value is -0.610. The maximum atomic E-state index is 13.0. The molecule has 0 aliphatic heterocycles. The first-order valence-electron chi connectivity index (χ1n) is 3.54. The molecule has 0 saturated carbocycles. The Balaban J connectivity index is 3.47. The molecule has 0 aliphatic rings. The average molecular weight is 223 g/mol. The summed E-state index contributed by atoms with van der Waals surface area (Å²) in [4.78, 5) is -0.199. The first kappa shape index (κ1) is 10.5. The lowest BCUT2D eigenvalue weighted by atomic mass is 10.1. The third-order valence-electron chi connectivity index (χ3n) is 1.86. The third-order valence-corrected chi connectivity index (χ3v) is 3.19. The SMILES string of the molecule is Cc1cc(S(=O)(=O)Cl)cc(F)c1C. The van der Waals surface area contributed by atoms with Crippen LogP contribution in [0.4, 0.5) is 4.39 Å². The van der Waals surface area contributed by atoms with Gasteiger partial charge >= 0.3 is 0 Å². The Morgan fingerprint density at radius 3 is 2.23 bits per heavy atom. The van der Waals surface area contributed by atoms with Crippen LogP contribution in [0.25, 0.3) is 0 Å². The largest absolute Gasteiger partial charge is 0.261 e. The molecular weight excluding hydrogens is 215 g/mol. The molecule has 72 valence electrons. The van der Waals surface area contributed by atoms with E-state index >= 15 is 0 Å². The molecule has 0 saturated heterocycles. The second kappa shape index (κ2) is 3.27. The monoisotopic (exact) mass is 222 g/mol. The Morgan fingerprint density at radius 1 is 1.31 bits per heavy atom. The van der Waals surface area contributed by atoms with Crippen LogP contribution in [0, 0.1) is 19.7 Å². The van der Waals surface area contributed by atoms with Crippen LogP contribution in [-0.4, -0.2) is 8.42 Å². The van der Waals surface area contributed by atoms with E-state index in [1.807, 2.05) is 0 Å². The van der Waals surface area contributed by atoms with Crippen LogP contribution >= 0.6 is 10.7 Å². The van der Waals surface area contributed by atoms with Gasteiger partial charge in [-0.1, -0.05) is 0 Å². The van der Waals surface area contributed by atoms with Crippen molar-refractivity contribution in [2.24, 2.45) is 0 Å². The molecule has 13 heavy (non-hydrogen) atoms. The van der Waals surface area contributed by atoms with E-state index in [0.717, 1.165) is 6.07 Å². The molecule has 0 radical (unpaired) electrons. The smallest absolute Gasteiger partial charge is 0.207 e. The lowest BCUT2D eigenvalue weighted by Crippen LogP contribution is -1.95. The van der Waals surface area contributed by atoms with Gasteiger partial charge < -0.3 is 0 Å². The zero-order valence-corrected chi connectivity index (χ0v) is 8.71. The van der Waals surface area contributed by atoms with Crippen LogP contribution in [0.2, 0.25) is 0 Å². The highest BCUT2D eigenvalue weighted by Crippen LogP contribution is 2.21. The van der Waals surface area contributed by atoms with E-state index in [9.17, 15) is 12.8 Å². The molecule has 1 rings (SSSR count). The zero-order chi connectivity index (χ0) is 10.2. The summed E-state index contributed by atoms with van der Waals surface area (Å²) in [5.41, 5.74) is 1.00. The van der Waals surface area contributed by atoms with Crippen molar-refractivity contribution in [1.82, 2.24) is 0 Å². The molecule has 0 spiro atoms. The fourth-order valence-electron chi connectivity index (χ4n) is 0.926.